The molecule has 0 aliphatic carbocycles. The third-order valence-corrected chi connectivity index (χ3v) is 3.52. The first-order chi connectivity index (χ1) is 9.63. The molecular weight excluding hydrogens is 284 g/mol. The van der Waals surface area contributed by atoms with Gasteiger partial charge in [0.25, 0.3) is 5.88 Å². The van der Waals surface area contributed by atoms with Crippen molar-refractivity contribution in [1.29, 1.82) is 0 Å². The number of aryl methyl sites for hydroxylation is 1. The Balaban J connectivity index is 2.09. The number of thiazole rings is 1. The molecule has 0 aliphatic heterocycles. The average molecular weight is 296 g/mol. The molecular formula is C10H12N6O3S. The minimum absolute atomic E-state index is 0.0889. The van der Waals surface area contributed by atoms with Crippen LogP contribution in [0.4, 0.5) is 11.5 Å². The molecule has 20 heavy (non-hydrogen) atoms. The zero-order valence-corrected chi connectivity index (χ0v) is 11.4. The van der Waals surface area contributed by atoms with Crippen molar-refractivity contribution >= 4 is 22.8 Å². The van der Waals surface area contributed by atoms with Crippen molar-refractivity contribution in [2.24, 2.45) is 5.84 Å². The van der Waals surface area contributed by atoms with Crippen LogP contribution >= 0.6 is 11.3 Å². The fraction of sp³-hybridized carbons (Fsp3) is 0.300. The van der Waals surface area contributed by atoms with Gasteiger partial charge in [0, 0.05) is 11.3 Å². The molecule has 9 nitrogen and oxygen atoms in total. The predicted molar refractivity (Wildman–Crippen MR) is 72.5 cm³/mol. The lowest BCUT2D eigenvalue weighted by Gasteiger charge is -2.07. The molecule has 0 radical (unpaired) electrons. The smallest absolute Gasteiger partial charge is 0.374 e. The van der Waals surface area contributed by atoms with Gasteiger partial charge < -0.3 is 10.2 Å². The van der Waals surface area contributed by atoms with Crippen molar-refractivity contribution in [2.45, 2.75) is 13.3 Å². The van der Waals surface area contributed by atoms with E-state index in [1.54, 1.807) is 5.51 Å². The second kappa shape index (κ2) is 6.21. The van der Waals surface area contributed by atoms with Crippen LogP contribution in [0.15, 0.2) is 11.8 Å². The monoisotopic (exact) mass is 296 g/mol. The highest BCUT2D eigenvalue weighted by atomic mass is 32.1. The Morgan fingerprint density at radius 3 is 2.90 bits per heavy atom. The van der Waals surface area contributed by atoms with E-state index in [0.29, 0.717) is 6.42 Å². The second-order valence-corrected chi connectivity index (χ2v) is 4.68. The highest BCUT2D eigenvalue weighted by molar-refractivity contribution is 7.09. The maximum atomic E-state index is 11.0. The number of hydrazine groups is 1. The second-order valence-electron chi connectivity index (χ2n) is 3.74. The molecule has 10 heteroatoms. The third-order valence-electron chi connectivity index (χ3n) is 2.52. The molecule has 0 bridgehead atoms. The van der Waals surface area contributed by atoms with Crippen molar-refractivity contribution in [3.63, 3.8) is 0 Å². The number of nitro groups is 1. The first kappa shape index (κ1) is 14.1. The number of anilines is 1. The minimum atomic E-state index is -0.636. The quantitative estimate of drug-likeness (QED) is 0.460. The number of nitrogens with one attached hydrogen (secondary N) is 1. The van der Waals surface area contributed by atoms with E-state index in [9.17, 15) is 10.1 Å². The van der Waals surface area contributed by atoms with Crippen LogP contribution in [0.2, 0.25) is 0 Å². The summed E-state index contributed by atoms with van der Waals surface area (Å²) in [6.07, 6.45) is 1.75. The van der Waals surface area contributed by atoms with Gasteiger partial charge in [0.2, 0.25) is 5.82 Å². The number of hydrogen-bond acceptors (Lipinski definition) is 9. The summed E-state index contributed by atoms with van der Waals surface area (Å²) >= 11 is 1.51. The fourth-order valence-electron chi connectivity index (χ4n) is 1.54. The molecule has 3 N–H and O–H groups in total. The summed E-state index contributed by atoms with van der Waals surface area (Å²) in [6.45, 7) is 2.15. The lowest BCUT2D eigenvalue weighted by molar-refractivity contribution is -0.385. The van der Waals surface area contributed by atoms with Gasteiger partial charge in [-0.1, -0.05) is 0 Å². The van der Waals surface area contributed by atoms with Gasteiger partial charge >= 0.3 is 5.69 Å². The van der Waals surface area contributed by atoms with Crippen LogP contribution in [-0.2, 0) is 6.42 Å². The van der Waals surface area contributed by atoms with Gasteiger partial charge in [-0.2, -0.15) is 4.98 Å². The molecule has 0 atom stereocenters. The van der Waals surface area contributed by atoms with E-state index < -0.39 is 4.92 Å². The standard InChI is InChI=1S/C10H12N6O3S/c1-6-7(20-5-14-6)2-3-19-10-8(16(17)18)9(15-11)12-4-13-10/h4-5H,2-3,11H2,1H3,(H,12,13,15). The van der Waals surface area contributed by atoms with E-state index in [-0.39, 0.29) is 24.0 Å². The summed E-state index contributed by atoms with van der Waals surface area (Å²) < 4.78 is 5.36. The number of ether oxygens (including phenoxy) is 1. The average Bonchev–Trinajstić information content (AvgIpc) is 2.84. The van der Waals surface area contributed by atoms with E-state index in [2.05, 4.69) is 20.4 Å². The number of aromatic nitrogens is 3. The van der Waals surface area contributed by atoms with E-state index >= 15 is 0 Å². The van der Waals surface area contributed by atoms with E-state index in [1.807, 2.05) is 6.92 Å². The molecule has 0 saturated heterocycles. The molecule has 106 valence electrons. The number of nitrogens with two attached hydrogens (primary N) is 1. The van der Waals surface area contributed by atoms with E-state index in [0.717, 1.165) is 16.9 Å². The normalized spacial score (nSPS) is 10.3. The number of hydrogen-bond donors (Lipinski definition) is 2. The van der Waals surface area contributed by atoms with Crippen molar-refractivity contribution in [1.82, 2.24) is 15.0 Å². The Labute approximate surface area is 118 Å². The first-order valence-corrected chi connectivity index (χ1v) is 6.49. The highest BCUT2D eigenvalue weighted by Crippen LogP contribution is 2.30. The molecule has 2 aromatic rings. The van der Waals surface area contributed by atoms with Crippen molar-refractivity contribution in [3.05, 3.63) is 32.5 Å². The highest BCUT2D eigenvalue weighted by Gasteiger charge is 2.23. The Kier molecular flexibility index (Phi) is 4.38. The van der Waals surface area contributed by atoms with Gasteiger partial charge in [-0.15, -0.1) is 11.3 Å². The zero-order chi connectivity index (χ0) is 14.5. The molecule has 0 spiro atoms. The van der Waals surface area contributed by atoms with Crippen LogP contribution in [0, 0.1) is 17.0 Å². The van der Waals surface area contributed by atoms with Crippen LogP contribution < -0.4 is 16.0 Å². The maximum absolute atomic E-state index is 11.0. The Morgan fingerprint density at radius 2 is 2.30 bits per heavy atom. The van der Waals surface area contributed by atoms with Gasteiger partial charge in [0.05, 0.1) is 22.7 Å². The van der Waals surface area contributed by atoms with Crippen LogP contribution in [0.25, 0.3) is 0 Å². The maximum Gasteiger partial charge on any atom is 0.374 e. The lowest BCUT2D eigenvalue weighted by atomic mass is 10.3. The van der Waals surface area contributed by atoms with Crippen LogP contribution in [0.1, 0.15) is 10.6 Å². The molecule has 2 rings (SSSR count). The van der Waals surface area contributed by atoms with Crippen molar-refractivity contribution in [3.8, 4) is 5.88 Å². The number of rotatable bonds is 6. The first-order valence-electron chi connectivity index (χ1n) is 5.61. The Morgan fingerprint density at radius 1 is 1.50 bits per heavy atom. The van der Waals surface area contributed by atoms with Gasteiger partial charge in [-0.3, -0.25) is 10.1 Å². The molecule has 0 fully saturated rings. The third kappa shape index (κ3) is 2.97. The minimum Gasteiger partial charge on any atom is -0.472 e. The number of nitrogens with zero attached hydrogens (tertiary/aromatic N) is 4. The van der Waals surface area contributed by atoms with Crippen LogP contribution in [0.3, 0.4) is 0 Å². The fourth-order valence-corrected chi connectivity index (χ4v) is 2.31. The number of nitrogen functional groups attached to an aromatic ring is 1. The SMILES string of the molecule is Cc1ncsc1CCOc1ncnc(NN)c1[N+](=O)[O-]. The predicted octanol–water partition coefficient (Wildman–Crippen LogP) is 1.06. The van der Waals surface area contributed by atoms with Crippen LogP contribution in [-0.4, -0.2) is 26.5 Å². The Hall–Kier alpha value is -2.33. The molecule has 0 aromatic carbocycles. The van der Waals surface area contributed by atoms with Gasteiger partial charge in [-0.25, -0.2) is 15.8 Å². The largest absolute Gasteiger partial charge is 0.472 e. The van der Waals surface area contributed by atoms with Crippen molar-refractivity contribution < 1.29 is 9.66 Å². The summed E-state index contributed by atoms with van der Waals surface area (Å²) in [4.78, 5) is 23.0. The summed E-state index contributed by atoms with van der Waals surface area (Å²) in [5, 5.41) is 11.0. The molecule has 0 amide bonds. The van der Waals surface area contributed by atoms with E-state index in [4.69, 9.17) is 10.6 Å². The van der Waals surface area contributed by atoms with Crippen molar-refractivity contribution in [2.75, 3.05) is 12.0 Å². The van der Waals surface area contributed by atoms with Gasteiger partial charge in [-0.05, 0) is 6.92 Å². The molecule has 0 saturated carbocycles. The summed E-state index contributed by atoms with van der Waals surface area (Å²) in [6, 6.07) is 0. The lowest BCUT2D eigenvalue weighted by Crippen LogP contribution is -2.13. The molecule has 0 aliphatic rings. The van der Waals surface area contributed by atoms with Crippen LogP contribution in [0.5, 0.6) is 5.88 Å². The summed E-state index contributed by atoms with van der Waals surface area (Å²) in [5.41, 5.74) is 4.45. The topological polar surface area (TPSA) is 129 Å². The van der Waals surface area contributed by atoms with Gasteiger partial charge in [0.15, 0.2) is 0 Å². The molecule has 0 unspecified atom stereocenters. The summed E-state index contributed by atoms with van der Waals surface area (Å²) in [7, 11) is 0. The van der Waals surface area contributed by atoms with Gasteiger partial charge in [0.1, 0.15) is 6.33 Å². The van der Waals surface area contributed by atoms with E-state index in [1.165, 1.54) is 11.3 Å². The summed E-state index contributed by atoms with van der Waals surface area (Å²) in [5.74, 6) is 4.98. The molecule has 2 heterocycles. The zero-order valence-electron chi connectivity index (χ0n) is 10.6. The Bertz CT molecular complexity index is 617. The molecule has 2 aromatic heterocycles.